The Balaban J connectivity index is 2.29. The van der Waals surface area contributed by atoms with E-state index in [2.05, 4.69) is 0 Å². The molecule has 4 nitrogen and oxygen atoms in total. The summed E-state index contributed by atoms with van der Waals surface area (Å²) >= 11 is 0. The maximum absolute atomic E-state index is 11.7. The van der Waals surface area contributed by atoms with Crippen LogP contribution in [0.2, 0.25) is 0 Å². The third kappa shape index (κ3) is 5.42. The molecule has 0 bridgehead atoms. The molecule has 0 aliphatic rings. The predicted molar refractivity (Wildman–Crippen MR) is 76.0 cm³/mol. The lowest BCUT2D eigenvalue weighted by molar-refractivity contribution is -0.136. The summed E-state index contributed by atoms with van der Waals surface area (Å²) in [6.45, 7) is 4.19. The fourth-order valence-corrected chi connectivity index (χ4v) is 2.92. The molecule has 0 heterocycles. The Bertz CT molecular complexity index is 428. The molecular formula is C14H20O4S. The van der Waals surface area contributed by atoms with E-state index in [0.29, 0.717) is 25.2 Å². The number of aryl methyl sites for hydroxylation is 1. The summed E-state index contributed by atoms with van der Waals surface area (Å²) in [5, 5.41) is 8.12. The zero-order chi connectivity index (χ0) is 14.3. The van der Waals surface area contributed by atoms with E-state index in [-0.39, 0.29) is 0 Å². The van der Waals surface area contributed by atoms with Crippen LogP contribution in [-0.4, -0.2) is 32.9 Å². The molecule has 0 fully saturated rings. The zero-order valence-electron chi connectivity index (χ0n) is 11.3. The fraction of sp³-hybridized carbons (Fsp3) is 0.500. The molecule has 0 aromatic heterocycles. The number of ether oxygens (including phenoxy) is 1. The predicted octanol–water partition coefficient (Wildman–Crippen LogP) is 2.38. The molecule has 0 aliphatic carbocycles. The molecule has 0 amide bonds. The third-order valence-electron chi connectivity index (χ3n) is 2.74. The van der Waals surface area contributed by atoms with Crippen LogP contribution in [-0.2, 0) is 15.6 Å². The lowest BCUT2D eigenvalue weighted by Crippen LogP contribution is -2.26. The van der Waals surface area contributed by atoms with Crippen molar-refractivity contribution in [1.29, 1.82) is 0 Å². The molecule has 0 radical (unpaired) electrons. The molecule has 2 atom stereocenters. The Hall–Kier alpha value is -1.36. The van der Waals surface area contributed by atoms with E-state index in [1.54, 1.807) is 6.92 Å². The first kappa shape index (κ1) is 15.7. The SMILES string of the molecule is CCC(C(=O)O)S(=O)CCCOc1ccc(C)cc1. The summed E-state index contributed by atoms with van der Waals surface area (Å²) in [5.41, 5.74) is 1.17. The number of benzene rings is 1. The Morgan fingerprint density at radius 1 is 1.37 bits per heavy atom. The van der Waals surface area contributed by atoms with Gasteiger partial charge in [-0.1, -0.05) is 24.6 Å². The van der Waals surface area contributed by atoms with Crippen LogP contribution in [0.1, 0.15) is 25.3 Å². The first-order valence-electron chi connectivity index (χ1n) is 6.34. The average Bonchev–Trinajstić information content (AvgIpc) is 2.37. The standard InChI is InChI=1S/C14H20O4S/c1-3-13(14(15)16)19(17)10-4-9-18-12-7-5-11(2)6-8-12/h5-8,13H,3-4,9-10H2,1-2H3,(H,15,16). The molecule has 1 aromatic carbocycles. The number of carboxylic acid groups (broad SMARTS) is 1. The van der Waals surface area contributed by atoms with E-state index in [9.17, 15) is 9.00 Å². The second-order valence-electron chi connectivity index (χ2n) is 4.34. The summed E-state index contributed by atoms with van der Waals surface area (Å²) < 4.78 is 17.2. The summed E-state index contributed by atoms with van der Waals surface area (Å²) in [4.78, 5) is 10.8. The van der Waals surface area contributed by atoms with Crippen molar-refractivity contribution >= 4 is 16.8 Å². The molecule has 1 N–H and O–H groups in total. The van der Waals surface area contributed by atoms with Gasteiger partial charge in [0.15, 0.2) is 0 Å². The van der Waals surface area contributed by atoms with Gasteiger partial charge < -0.3 is 9.84 Å². The maximum Gasteiger partial charge on any atom is 0.319 e. The molecule has 5 heteroatoms. The second kappa shape index (κ2) is 7.94. The zero-order valence-corrected chi connectivity index (χ0v) is 12.1. The highest BCUT2D eigenvalue weighted by atomic mass is 32.2. The van der Waals surface area contributed by atoms with Crippen LogP contribution in [0, 0.1) is 6.92 Å². The quantitative estimate of drug-likeness (QED) is 0.744. The highest BCUT2D eigenvalue weighted by Gasteiger charge is 2.21. The first-order chi connectivity index (χ1) is 9.04. The van der Waals surface area contributed by atoms with Crippen LogP contribution in [0.15, 0.2) is 24.3 Å². The molecule has 0 aliphatic heterocycles. The number of aliphatic carboxylic acids is 1. The maximum atomic E-state index is 11.7. The lowest BCUT2D eigenvalue weighted by atomic mass is 10.2. The van der Waals surface area contributed by atoms with Gasteiger partial charge in [-0.25, -0.2) is 0 Å². The number of carboxylic acids is 1. The van der Waals surface area contributed by atoms with Gasteiger partial charge in [-0.3, -0.25) is 9.00 Å². The van der Waals surface area contributed by atoms with Crippen molar-refractivity contribution in [2.24, 2.45) is 0 Å². The average molecular weight is 284 g/mol. The van der Waals surface area contributed by atoms with Crippen LogP contribution in [0.5, 0.6) is 5.75 Å². The normalized spacial score (nSPS) is 13.8. The third-order valence-corrected chi connectivity index (χ3v) is 4.60. The van der Waals surface area contributed by atoms with Crippen LogP contribution in [0.4, 0.5) is 0 Å². The van der Waals surface area contributed by atoms with E-state index in [1.807, 2.05) is 31.2 Å². The molecule has 0 saturated carbocycles. The highest BCUT2D eigenvalue weighted by molar-refractivity contribution is 7.86. The van der Waals surface area contributed by atoms with Gasteiger partial charge in [-0.2, -0.15) is 0 Å². The van der Waals surface area contributed by atoms with E-state index in [4.69, 9.17) is 9.84 Å². The van der Waals surface area contributed by atoms with Crippen molar-refractivity contribution < 1.29 is 18.8 Å². The Kier molecular flexibility index (Phi) is 6.56. The molecule has 19 heavy (non-hydrogen) atoms. The van der Waals surface area contributed by atoms with Crippen LogP contribution in [0.25, 0.3) is 0 Å². The van der Waals surface area contributed by atoms with Crippen molar-refractivity contribution in [2.75, 3.05) is 12.4 Å². The van der Waals surface area contributed by atoms with Crippen molar-refractivity contribution in [2.45, 2.75) is 31.9 Å². The Morgan fingerprint density at radius 3 is 2.53 bits per heavy atom. The van der Waals surface area contributed by atoms with Gasteiger partial charge in [0.25, 0.3) is 0 Å². The monoisotopic (exact) mass is 284 g/mol. The molecule has 106 valence electrons. The van der Waals surface area contributed by atoms with Crippen LogP contribution < -0.4 is 4.74 Å². The first-order valence-corrected chi connectivity index (χ1v) is 7.72. The number of hydrogen-bond acceptors (Lipinski definition) is 3. The van der Waals surface area contributed by atoms with Gasteiger partial charge in [0, 0.05) is 16.6 Å². The molecule has 2 unspecified atom stereocenters. The van der Waals surface area contributed by atoms with Gasteiger partial charge in [0.2, 0.25) is 0 Å². The Labute approximate surface area is 116 Å². The van der Waals surface area contributed by atoms with Crippen LogP contribution >= 0.6 is 0 Å². The van der Waals surface area contributed by atoms with Gasteiger partial charge in [-0.05, 0) is 31.9 Å². The summed E-state index contributed by atoms with van der Waals surface area (Å²) in [5.74, 6) is 0.151. The molecule has 0 saturated heterocycles. The van der Waals surface area contributed by atoms with Crippen molar-refractivity contribution in [3.63, 3.8) is 0 Å². The summed E-state index contributed by atoms with van der Waals surface area (Å²) in [7, 11) is -1.33. The van der Waals surface area contributed by atoms with E-state index in [1.165, 1.54) is 5.56 Å². The van der Waals surface area contributed by atoms with Gasteiger partial charge in [0.1, 0.15) is 11.0 Å². The number of hydrogen-bond donors (Lipinski definition) is 1. The lowest BCUT2D eigenvalue weighted by Gasteiger charge is -2.10. The van der Waals surface area contributed by atoms with E-state index < -0.39 is 22.0 Å². The molecule has 1 rings (SSSR count). The molecule has 0 spiro atoms. The van der Waals surface area contributed by atoms with Gasteiger partial charge in [0.05, 0.1) is 6.61 Å². The minimum atomic E-state index is -1.33. The highest BCUT2D eigenvalue weighted by Crippen LogP contribution is 2.12. The molecule has 1 aromatic rings. The Morgan fingerprint density at radius 2 is 2.00 bits per heavy atom. The number of rotatable bonds is 8. The summed E-state index contributed by atoms with van der Waals surface area (Å²) in [6, 6.07) is 7.70. The fourth-order valence-electron chi connectivity index (χ4n) is 1.64. The number of carbonyl (C=O) groups is 1. The minimum Gasteiger partial charge on any atom is -0.494 e. The molecular weight excluding hydrogens is 264 g/mol. The van der Waals surface area contributed by atoms with Gasteiger partial charge >= 0.3 is 5.97 Å². The van der Waals surface area contributed by atoms with E-state index in [0.717, 1.165) is 5.75 Å². The minimum absolute atomic E-state index is 0.358. The van der Waals surface area contributed by atoms with Crippen LogP contribution in [0.3, 0.4) is 0 Å². The summed E-state index contributed by atoms with van der Waals surface area (Å²) in [6.07, 6.45) is 0.977. The van der Waals surface area contributed by atoms with Gasteiger partial charge in [-0.15, -0.1) is 0 Å². The largest absolute Gasteiger partial charge is 0.494 e. The topological polar surface area (TPSA) is 63.6 Å². The van der Waals surface area contributed by atoms with E-state index >= 15 is 0 Å². The van der Waals surface area contributed by atoms with Crippen molar-refractivity contribution in [1.82, 2.24) is 0 Å². The second-order valence-corrected chi connectivity index (χ2v) is 6.07. The smallest absolute Gasteiger partial charge is 0.319 e. The van der Waals surface area contributed by atoms with Crippen molar-refractivity contribution in [3.05, 3.63) is 29.8 Å². The van der Waals surface area contributed by atoms with Crippen molar-refractivity contribution in [3.8, 4) is 5.75 Å².